The Hall–Kier alpha value is -5.76. The van der Waals surface area contributed by atoms with E-state index in [1.165, 1.54) is 6.08 Å². The molecular formula is C36H30O8. The smallest absolute Gasteiger partial charge is 0.336 e. The van der Waals surface area contributed by atoms with Gasteiger partial charge in [-0.15, -0.1) is 0 Å². The molecule has 44 heavy (non-hydrogen) atoms. The van der Waals surface area contributed by atoms with E-state index in [0.717, 1.165) is 45.2 Å². The van der Waals surface area contributed by atoms with E-state index in [2.05, 4.69) is 13.2 Å². The third kappa shape index (κ3) is 9.39. The van der Waals surface area contributed by atoms with Crippen LogP contribution in [0, 0.1) is 0 Å². The van der Waals surface area contributed by atoms with E-state index in [1.54, 1.807) is 30.3 Å². The van der Waals surface area contributed by atoms with E-state index in [0.29, 0.717) is 17.9 Å². The van der Waals surface area contributed by atoms with Crippen LogP contribution in [-0.2, 0) is 35.1 Å². The highest BCUT2D eigenvalue weighted by Crippen LogP contribution is 2.25. The molecule has 8 nitrogen and oxygen atoms in total. The normalized spacial score (nSPS) is 10.6. The number of rotatable bonds is 13. The molecule has 8 heteroatoms. The lowest BCUT2D eigenvalue weighted by atomic mass is 10.0. The van der Waals surface area contributed by atoms with Crippen molar-refractivity contribution in [2.75, 3.05) is 13.2 Å². The average Bonchev–Trinajstić information content (AvgIpc) is 3.05. The minimum atomic E-state index is -0.564. The maximum atomic E-state index is 12.5. The van der Waals surface area contributed by atoms with Gasteiger partial charge in [0.05, 0.1) is 0 Å². The fourth-order valence-corrected chi connectivity index (χ4v) is 4.14. The Morgan fingerprint density at radius 2 is 1.20 bits per heavy atom. The zero-order valence-electron chi connectivity index (χ0n) is 23.9. The van der Waals surface area contributed by atoms with Crippen molar-refractivity contribution in [1.82, 2.24) is 0 Å². The average molecular weight is 591 g/mol. The Morgan fingerprint density at radius 3 is 1.91 bits per heavy atom. The molecule has 0 aliphatic heterocycles. The van der Waals surface area contributed by atoms with Gasteiger partial charge in [0.15, 0.2) is 0 Å². The van der Waals surface area contributed by atoms with Gasteiger partial charge in [-0.05, 0) is 69.8 Å². The standard InChI is InChI=1S/C36H30O8/c1-3-33(37)41-21-22-42-35(39)19-9-26-7-12-30-24-32(18-15-29(30)23-26)44-36(40)20-8-25-5-10-27(11-6-25)28-13-16-31(17-14-28)43-34(38)4-2/h3-8,10-18,20,23-24H,1-2,9,19,21-22H2/b20-8+. The zero-order valence-corrected chi connectivity index (χ0v) is 23.9. The van der Waals surface area contributed by atoms with Gasteiger partial charge in [-0.1, -0.05) is 73.8 Å². The Labute approximate surface area is 254 Å². The summed E-state index contributed by atoms with van der Waals surface area (Å²) in [5.41, 5.74) is 3.70. The Kier molecular flexibility index (Phi) is 11.0. The second-order valence-corrected chi connectivity index (χ2v) is 9.46. The largest absolute Gasteiger partial charge is 0.462 e. The molecule has 0 bridgehead atoms. The Morgan fingerprint density at radius 1 is 0.614 bits per heavy atom. The molecule has 4 rings (SSSR count). The molecular weight excluding hydrogens is 560 g/mol. The highest BCUT2D eigenvalue weighted by molar-refractivity contribution is 5.90. The molecule has 0 aliphatic rings. The summed E-state index contributed by atoms with van der Waals surface area (Å²) in [5, 5.41) is 1.83. The molecule has 4 aromatic rings. The molecule has 0 spiro atoms. The van der Waals surface area contributed by atoms with Crippen LogP contribution in [0.15, 0.2) is 116 Å². The molecule has 0 aliphatic carbocycles. The number of ether oxygens (including phenoxy) is 4. The fraction of sp³-hybridized carbons (Fsp3) is 0.111. The van der Waals surface area contributed by atoms with E-state index in [9.17, 15) is 19.2 Å². The minimum absolute atomic E-state index is 0.00674. The van der Waals surface area contributed by atoms with Crippen LogP contribution < -0.4 is 9.47 Å². The van der Waals surface area contributed by atoms with Gasteiger partial charge in [0, 0.05) is 24.6 Å². The number of aryl methyl sites for hydroxylation is 1. The van der Waals surface area contributed by atoms with E-state index in [4.69, 9.17) is 18.9 Å². The van der Waals surface area contributed by atoms with Crippen molar-refractivity contribution >= 4 is 40.7 Å². The molecule has 4 aromatic carbocycles. The van der Waals surface area contributed by atoms with Crippen LogP contribution in [0.25, 0.3) is 28.0 Å². The number of esters is 4. The first-order valence-corrected chi connectivity index (χ1v) is 13.7. The number of hydrogen-bond donors (Lipinski definition) is 0. The van der Waals surface area contributed by atoms with Crippen LogP contribution >= 0.6 is 0 Å². The van der Waals surface area contributed by atoms with Crippen molar-refractivity contribution in [2.45, 2.75) is 12.8 Å². The minimum Gasteiger partial charge on any atom is -0.462 e. The van der Waals surface area contributed by atoms with Crippen molar-refractivity contribution in [3.8, 4) is 22.6 Å². The number of carbonyl (C=O) groups excluding carboxylic acids is 4. The first-order chi connectivity index (χ1) is 21.3. The summed E-state index contributed by atoms with van der Waals surface area (Å²) in [6.07, 6.45) is 5.88. The van der Waals surface area contributed by atoms with Crippen molar-refractivity contribution in [3.05, 3.63) is 127 Å². The molecule has 0 fully saturated rings. The van der Waals surface area contributed by atoms with Gasteiger partial charge in [-0.25, -0.2) is 14.4 Å². The van der Waals surface area contributed by atoms with Crippen molar-refractivity contribution in [3.63, 3.8) is 0 Å². The predicted octanol–water partition coefficient (Wildman–Crippen LogP) is 6.42. The van der Waals surface area contributed by atoms with Crippen molar-refractivity contribution < 1.29 is 38.1 Å². The van der Waals surface area contributed by atoms with Crippen LogP contribution in [0.1, 0.15) is 17.5 Å². The maximum absolute atomic E-state index is 12.5. The molecule has 0 heterocycles. The SMILES string of the molecule is C=CC(=O)OCCOC(=O)CCc1ccc2cc(OC(=O)/C=C/c3ccc(-c4ccc(OC(=O)C=C)cc4)cc3)ccc2c1. The van der Waals surface area contributed by atoms with Crippen LogP contribution in [0.3, 0.4) is 0 Å². The number of benzene rings is 4. The van der Waals surface area contributed by atoms with E-state index < -0.39 is 17.9 Å². The van der Waals surface area contributed by atoms with Gasteiger partial charge in [0.2, 0.25) is 0 Å². The second kappa shape index (κ2) is 15.5. The van der Waals surface area contributed by atoms with E-state index >= 15 is 0 Å². The van der Waals surface area contributed by atoms with Gasteiger partial charge in [0.25, 0.3) is 0 Å². The van der Waals surface area contributed by atoms with Crippen LogP contribution in [0.4, 0.5) is 0 Å². The molecule has 222 valence electrons. The summed E-state index contributed by atoms with van der Waals surface area (Å²) >= 11 is 0. The molecule has 0 amide bonds. The van der Waals surface area contributed by atoms with Crippen LogP contribution in [0.2, 0.25) is 0 Å². The van der Waals surface area contributed by atoms with Crippen LogP contribution in [-0.4, -0.2) is 37.1 Å². The lowest BCUT2D eigenvalue weighted by molar-refractivity contribution is -0.149. The monoisotopic (exact) mass is 590 g/mol. The van der Waals surface area contributed by atoms with Gasteiger partial charge in [-0.3, -0.25) is 4.79 Å². The van der Waals surface area contributed by atoms with Crippen LogP contribution in [0.5, 0.6) is 11.5 Å². The number of fused-ring (bicyclic) bond motifs is 1. The first-order valence-electron chi connectivity index (χ1n) is 13.7. The topological polar surface area (TPSA) is 105 Å². The number of hydrogen-bond acceptors (Lipinski definition) is 8. The summed E-state index contributed by atoms with van der Waals surface area (Å²) in [4.78, 5) is 46.7. The molecule has 0 saturated heterocycles. The summed E-state index contributed by atoms with van der Waals surface area (Å²) in [6, 6.07) is 25.9. The predicted molar refractivity (Wildman–Crippen MR) is 167 cm³/mol. The summed E-state index contributed by atoms with van der Waals surface area (Å²) in [7, 11) is 0. The first kappa shape index (κ1) is 31.2. The highest BCUT2D eigenvalue weighted by Gasteiger charge is 2.08. The van der Waals surface area contributed by atoms with E-state index in [1.807, 2.05) is 60.7 Å². The van der Waals surface area contributed by atoms with Crippen molar-refractivity contribution in [1.29, 1.82) is 0 Å². The fourth-order valence-electron chi connectivity index (χ4n) is 4.14. The van der Waals surface area contributed by atoms with Gasteiger partial charge in [0.1, 0.15) is 24.7 Å². The molecule has 0 unspecified atom stereocenters. The molecule has 0 saturated carbocycles. The Bertz CT molecular complexity index is 1700. The lowest BCUT2D eigenvalue weighted by Gasteiger charge is -2.07. The Balaban J connectivity index is 1.26. The molecule has 0 radical (unpaired) electrons. The molecule has 0 atom stereocenters. The maximum Gasteiger partial charge on any atom is 0.336 e. The molecule has 0 N–H and O–H groups in total. The quantitative estimate of drug-likeness (QED) is 0.0760. The summed E-state index contributed by atoms with van der Waals surface area (Å²) < 4.78 is 20.4. The molecule has 0 aromatic heterocycles. The van der Waals surface area contributed by atoms with E-state index in [-0.39, 0.29) is 25.6 Å². The van der Waals surface area contributed by atoms with Gasteiger partial charge >= 0.3 is 23.9 Å². The summed E-state index contributed by atoms with van der Waals surface area (Å²) in [5.74, 6) is -1.12. The second-order valence-electron chi connectivity index (χ2n) is 9.46. The third-order valence-corrected chi connectivity index (χ3v) is 6.37. The van der Waals surface area contributed by atoms with Gasteiger partial charge in [-0.2, -0.15) is 0 Å². The lowest BCUT2D eigenvalue weighted by Crippen LogP contribution is -2.13. The number of carbonyl (C=O) groups is 4. The third-order valence-electron chi connectivity index (χ3n) is 6.37. The zero-order chi connectivity index (χ0) is 31.3. The van der Waals surface area contributed by atoms with Gasteiger partial charge < -0.3 is 18.9 Å². The van der Waals surface area contributed by atoms with Crippen molar-refractivity contribution in [2.24, 2.45) is 0 Å². The summed E-state index contributed by atoms with van der Waals surface area (Å²) in [6.45, 7) is 6.65. The highest BCUT2D eigenvalue weighted by atomic mass is 16.6.